The minimum atomic E-state index is -4.77. The van der Waals surface area contributed by atoms with E-state index >= 15 is 0 Å². The Hall–Kier alpha value is -3.16. The van der Waals surface area contributed by atoms with Crippen LogP contribution in [-0.2, 0) is 17.5 Å². The standard InChI is InChI=1S/C24H13Br2F3N2O5S/c25-16-4-1-13(2-5-16)12-30-22(32)21(37-23(30)33)10-14-9-17(26)6-8-19(14)36-20-7-3-15(24(27,28)29)11-18(20)31(34)35/h1-11H,12H2/b21-10-. The summed E-state index contributed by atoms with van der Waals surface area (Å²) in [4.78, 5) is 37.2. The summed E-state index contributed by atoms with van der Waals surface area (Å²) in [5.74, 6) is -0.923. The first kappa shape index (κ1) is 26.9. The first-order valence-electron chi connectivity index (χ1n) is 10.3. The Kier molecular flexibility index (Phi) is 7.76. The normalized spacial score (nSPS) is 14.9. The van der Waals surface area contributed by atoms with Gasteiger partial charge < -0.3 is 4.74 Å². The molecule has 190 valence electrons. The number of alkyl halides is 3. The van der Waals surface area contributed by atoms with Crippen molar-refractivity contribution in [1.29, 1.82) is 0 Å². The van der Waals surface area contributed by atoms with Crippen LogP contribution in [0.3, 0.4) is 0 Å². The lowest BCUT2D eigenvalue weighted by atomic mass is 10.1. The molecule has 0 saturated carbocycles. The zero-order chi connectivity index (χ0) is 26.9. The summed E-state index contributed by atoms with van der Waals surface area (Å²) in [6.45, 7) is 0.0644. The summed E-state index contributed by atoms with van der Waals surface area (Å²) in [6.07, 6.45) is -3.38. The predicted octanol–water partition coefficient (Wildman–Crippen LogP) is 8.17. The van der Waals surface area contributed by atoms with E-state index < -0.39 is 39.2 Å². The Morgan fingerprint density at radius 3 is 2.27 bits per heavy atom. The molecule has 3 aromatic carbocycles. The van der Waals surface area contributed by atoms with Crippen LogP contribution in [0.25, 0.3) is 6.08 Å². The molecule has 0 unspecified atom stereocenters. The smallest absolute Gasteiger partial charge is 0.416 e. The molecule has 1 aliphatic rings. The monoisotopic (exact) mass is 656 g/mol. The Bertz CT molecular complexity index is 1450. The van der Waals surface area contributed by atoms with E-state index in [1.807, 2.05) is 0 Å². The molecule has 2 amide bonds. The van der Waals surface area contributed by atoms with Crippen LogP contribution in [0.5, 0.6) is 11.5 Å². The quantitative estimate of drug-likeness (QED) is 0.151. The van der Waals surface area contributed by atoms with Crippen LogP contribution >= 0.6 is 43.6 Å². The molecule has 0 bridgehead atoms. The van der Waals surface area contributed by atoms with E-state index in [0.29, 0.717) is 16.6 Å². The lowest BCUT2D eigenvalue weighted by Crippen LogP contribution is -2.27. The number of rotatable bonds is 6. The van der Waals surface area contributed by atoms with Crippen LogP contribution in [0.1, 0.15) is 16.7 Å². The number of hydrogen-bond acceptors (Lipinski definition) is 6. The number of nitrogens with zero attached hydrogens (tertiary/aromatic N) is 2. The van der Waals surface area contributed by atoms with Gasteiger partial charge in [0.1, 0.15) is 5.75 Å². The maximum Gasteiger partial charge on any atom is 0.416 e. The fraction of sp³-hybridized carbons (Fsp3) is 0.0833. The number of nitro benzene ring substituents is 1. The molecule has 1 heterocycles. The third kappa shape index (κ3) is 6.22. The van der Waals surface area contributed by atoms with E-state index in [9.17, 15) is 32.9 Å². The largest absolute Gasteiger partial charge is 0.449 e. The highest BCUT2D eigenvalue weighted by atomic mass is 79.9. The summed E-state index contributed by atoms with van der Waals surface area (Å²) in [5, 5.41) is 11.0. The highest BCUT2D eigenvalue weighted by Crippen LogP contribution is 2.40. The van der Waals surface area contributed by atoms with Crippen molar-refractivity contribution in [3.05, 3.63) is 101 Å². The minimum Gasteiger partial charge on any atom is -0.449 e. The summed E-state index contributed by atoms with van der Waals surface area (Å²) >= 11 is 7.34. The first-order chi connectivity index (χ1) is 17.4. The van der Waals surface area contributed by atoms with Gasteiger partial charge in [0.05, 0.1) is 21.9 Å². The lowest BCUT2D eigenvalue weighted by molar-refractivity contribution is -0.385. The molecule has 0 atom stereocenters. The second kappa shape index (κ2) is 10.7. The molecular weight excluding hydrogens is 645 g/mol. The first-order valence-corrected chi connectivity index (χ1v) is 12.7. The Morgan fingerprint density at radius 2 is 1.62 bits per heavy atom. The Labute approximate surface area is 228 Å². The topological polar surface area (TPSA) is 89.7 Å². The van der Waals surface area contributed by atoms with Crippen LogP contribution in [0.15, 0.2) is 74.5 Å². The molecule has 0 aliphatic carbocycles. The van der Waals surface area contributed by atoms with Crippen molar-refractivity contribution < 1.29 is 32.4 Å². The van der Waals surface area contributed by atoms with Crippen LogP contribution < -0.4 is 4.74 Å². The third-order valence-electron chi connectivity index (χ3n) is 5.09. The maximum absolute atomic E-state index is 13.0. The highest BCUT2D eigenvalue weighted by molar-refractivity contribution is 9.10. The molecule has 3 aromatic rings. The van der Waals surface area contributed by atoms with Crippen LogP contribution in [-0.4, -0.2) is 21.0 Å². The van der Waals surface area contributed by atoms with Gasteiger partial charge >= 0.3 is 11.9 Å². The number of ether oxygens (including phenoxy) is 1. The molecule has 1 fully saturated rings. The number of amides is 2. The third-order valence-corrected chi connectivity index (χ3v) is 7.02. The average Bonchev–Trinajstić information content (AvgIpc) is 3.08. The van der Waals surface area contributed by atoms with Gasteiger partial charge in [-0.15, -0.1) is 0 Å². The van der Waals surface area contributed by atoms with Gasteiger partial charge in [0.2, 0.25) is 5.75 Å². The number of benzene rings is 3. The molecule has 0 radical (unpaired) electrons. The zero-order valence-electron chi connectivity index (χ0n) is 18.3. The van der Waals surface area contributed by atoms with E-state index in [1.54, 1.807) is 36.4 Å². The number of thioether (sulfide) groups is 1. The van der Waals surface area contributed by atoms with Crippen LogP contribution in [0.4, 0.5) is 23.7 Å². The summed E-state index contributed by atoms with van der Waals surface area (Å²) in [6, 6.07) is 13.6. The Morgan fingerprint density at radius 1 is 0.973 bits per heavy atom. The molecule has 4 rings (SSSR count). The van der Waals surface area contributed by atoms with Crippen molar-refractivity contribution in [2.75, 3.05) is 0 Å². The number of carbonyl (C=O) groups is 2. The fourth-order valence-electron chi connectivity index (χ4n) is 3.32. The number of imide groups is 1. The zero-order valence-corrected chi connectivity index (χ0v) is 22.3. The van der Waals surface area contributed by atoms with Crippen molar-refractivity contribution in [3.63, 3.8) is 0 Å². The fourth-order valence-corrected chi connectivity index (χ4v) is 4.79. The van der Waals surface area contributed by atoms with Crippen molar-refractivity contribution in [2.24, 2.45) is 0 Å². The number of hydrogen-bond donors (Lipinski definition) is 0. The van der Waals surface area contributed by atoms with E-state index in [1.165, 1.54) is 12.1 Å². The van der Waals surface area contributed by atoms with E-state index in [-0.39, 0.29) is 22.8 Å². The van der Waals surface area contributed by atoms with Crippen LogP contribution in [0, 0.1) is 10.1 Å². The van der Waals surface area contributed by atoms with Gasteiger partial charge in [0.15, 0.2) is 0 Å². The number of nitro groups is 1. The highest BCUT2D eigenvalue weighted by Gasteiger charge is 2.36. The molecule has 0 aromatic heterocycles. The number of carbonyl (C=O) groups excluding carboxylic acids is 2. The van der Waals surface area contributed by atoms with Crippen molar-refractivity contribution >= 4 is 66.5 Å². The molecule has 1 aliphatic heterocycles. The molecule has 1 saturated heterocycles. The molecular formula is C24H13Br2F3N2O5S. The SMILES string of the molecule is O=C1S/C(=C\c2cc(Br)ccc2Oc2ccc(C(F)(F)F)cc2[N+](=O)[O-])C(=O)N1Cc1ccc(Br)cc1. The second-order valence-corrected chi connectivity index (χ2v) is 10.4. The van der Waals surface area contributed by atoms with E-state index in [0.717, 1.165) is 32.8 Å². The van der Waals surface area contributed by atoms with Gasteiger partial charge in [-0.25, -0.2) is 0 Å². The number of halogens is 5. The van der Waals surface area contributed by atoms with Gasteiger partial charge in [-0.05, 0) is 65.9 Å². The summed E-state index contributed by atoms with van der Waals surface area (Å²) < 4.78 is 46.2. The van der Waals surface area contributed by atoms with Crippen molar-refractivity contribution in [2.45, 2.75) is 12.7 Å². The van der Waals surface area contributed by atoms with Gasteiger partial charge in [-0.2, -0.15) is 13.2 Å². The second-order valence-electron chi connectivity index (χ2n) is 7.62. The minimum absolute atomic E-state index is 0.0331. The van der Waals surface area contributed by atoms with E-state index in [4.69, 9.17) is 4.74 Å². The lowest BCUT2D eigenvalue weighted by Gasteiger charge is -2.13. The maximum atomic E-state index is 13.0. The van der Waals surface area contributed by atoms with Crippen molar-refractivity contribution in [3.8, 4) is 11.5 Å². The van der Waals surface area contributed by atoms with Crippen molar-refractivity contribution in [1.82, 2.24) is 4.90 Å². The van der Waals surface area contributed by atoms with Crippen LogP contribution in [0.2, 0.25) is 0 Å². The van der Waals surface area contributed by atoms with Gasteiger partial charge in [0, 0.05) is 20.6 Å². The average molecular weight is 658 g/mol. The summed E-state index contributed by atoms with van der Waals surface area (Å²) in [7, 11) is 0. The Balaban J connectivity index is 1.65. The van der Waals surface area contributed by atoms with Gasteiger partial charge in [0.25, 0.3) is 11.1 Å². The molecule has 0 N–H and O–H groups in total. The van der Waals surface area contributed by atoms with E-state index in [2.05, 4.69) is 31.9 Å². The molecule has 7 nitrogen and oxygen atoms in total. The molecule has 37 heavy (non-hydrogen) atoms. The summed E-state index contributed by atoms with van der Waals surface area (Å²) in [5.41, 5.74) is -1.05. The molecule has 0 spiro atoms. The van der Waals surface area contributed by atoms with Gasteiger partial charge in [-0.3, -0.25) is 24.6 Å². The molecule has 13 heteroatoms. The van der Waals surface area contributed by atoms with Gasteiger partial charge in [-0.1, -0.05) is 44.0 Å². The predicted molar refractivity (Wildman–Crippen MR) is 138 cm³/mol.